The Morgan fingerprint density at radius 1 is 1.20 bits per heavy atom. The molecule has 0 atom stereocenters. The summed E-state index contributed by atoms with van der Waals surface area (Å²) in [6.45, 7) is 1.02. The monoisotopic (exact) mass is 277 g/mol. The second-order valence-corrected chi connectivity index (χ2v) is 5.12. The van der Waals surface area contributed by atoms with Gasteiger partial charge in [-0.25, -0.2) is 0 Å². The molecule has 1 aliphatic heterocycles. The minimum absolute atomic E-state index is 0.0251. The highest BCUT2D eigenvalue weighted by atomic mass is 16.4. The first-order valence-electron chi connectivity index (χ1n) is 6.85. The summed E-state index contributed by atoms with van der Waals surface area (Å²) in [6.07, 6.45) is 1.90. The molecule has 20 heavy (non-hydrogen) atoms. The molecule has 0 aliphatic carbocycles. The smallest absolute Gasteiger partial charge is 0.306 e. The van der Waals surface area contributed by atoms with Gasteiger partial charge in [0.2, 0.25) is 5.91 Å². The number of phenols is 1. The SMILES string of the molecule is O=C(O)C1CCN(C(=O)CCc2ccccc2O)CC1. The first kappa shape index (κ1) is 14.4. The maximum Gasteiger partial charge on any atom is 0.306 e. The van der Waals surface area contributed by atoms with Crippen molar-refractivity contribution < 1.29 is 19.8 Å². The quantitative estimate of drug-likeness (QED) is 0.877. The summed E-state index contributed by atoms with van der Waals surface area (Å²) in [5, 5.41) is 18.6. The van der Waals surface area contributed by atoms with Gasteiger partial charge in [-0.1, -0.05) is 18.2 Å². The van der Waals surface area contributed by atoms with Gasteiger partial charge in [0.25, 0.3) is 0 Å². The minimum atomic E-state index is -0.772. The molecule has 5 heteroatoms. The van der Waals surface area contributed by atoms with Crippen molar-refractivity contribution in [2.45, 2.75) is 25.7 Å². The molecule has 1 aliphatic rings. The highest BCUT2D eigenvalue weighted by Crippen LogP contribution is 2.20. The van der Waals surface area contributed by atoms with Crippen molar-refractivity contribution in [3.8, 4) is 5.75 Å². The van der Waals surface area contributed by atoms with Crippen LogP contribution >= 0.6 is 0 Å². The highest BCUT2D eigenvalue weighted by molar-refractivity contribution is 5.77. The van der Waals surface area contributed by atoms with Crippen LogP contribution in [0.5, 0.6) is 5.75 Å². The molecule has 0 bridgehead atoms. The molecule has 1 aromatic rings. The maximum atomic E-state index is 12.1. The van der Waals surface area contributed by atoms with Crippen LogP contribution < -0.4 is 0 Å². The number of hydrogen-bond donors (Lipinski definition) is 2. The number of rotatable bonds is 4. The third kappa shape index (κ3) is 3.50. The molecule has 0 saturated carbocycles. The van der Waals surface area contributed by atoms with Crippen LogP contribution in [0.1, 0.15) is 24.8 Å². The summed E-state index contributed by atoms with van der Waals surface area (Å²) in [7, 11) is 0. The fourth-order valence-electron chi connectivity index (χ4n) is 2.50. The van der Waals surface area contributed by atoms with Gasteiger partial charge < -0.3 is 15.1 Å². The predicted molar refractivity (Wildman–Crippen MR) is 73.4 cm³/mol. The van der Waals surface area contributed by atoms with Crippen LogP contribution in [0.4, 0.5) is 0 Å². The number of para-hydroxylation sites is 1. The number of aromatic hydroxyl groups is 1. The zero-order valence-corrected chi connectivity index (χ0v) is 11.3. The van der Waals surface area contributed by atoms with Crippen molar-refractivity contribution in [2.75, 3.05) is 13.1 Å². The van der Waals surface area contributed by atoms with E-state index in [0.29, 0.717) is 38.8 Å². The van der Waals surface area contributed by atoms with E-state index in [1.54, 1.807) is 23.1 Å². The van der Waals surface area contributed by atoms with Crippen molar-refractivity contribution in [1.29, 1.82) is 0 Å². The lowest BCUT2D eigenvalue weighted by Crippen LogP contribution is -2.40. The number of carboxylic acids is 1. The van der Waals surface area contributed by atoms with Crippen LogP contribution in [-0.4, -0.2) is 40.1 Å². The summed E-state index contributed by atoms with van der Waals surface area (Å²) in [5.74, 6) is -0.856. The van der Waals surface area contributed by atoms with Crippen LogP contribution in [0.15, 0.2) is 24.3 Å². The predicted octanol–water partition coefficient (Wildman–Crippen LogP) is 1.65. The third-order valence-electron chi connectivity index (χ3n) is 3.80. The lowest BCUT2D eigenvalue weighted by molar-refractivity contribution is -0.145. The molecule has 0 radical (unpaired) electrons. The van der Waals surface area contributed by atoms with Crippen molar-refractivity contribution >= 4 is 11.9 Å². The van der Waals surface area contributed by atoms with Crippen LogP contribution in [0, 0.1) is 5.92 Å². The van der Waals surface area contributed by atoms with Gasteiger partial charge in [0.15, 0.2) is 0 Å². The molecule has 1 amide bonds. The number of amides is 1. The van der Waals surface area contributed by atoms with Gasteiger partial charge in [-0.05, 0) is 30.9 Å². The Bertz CT molecular complexity index is 492. The van der Waals surface area contributed by atoms with Gasteiger partial charge in [0.05, 0.1) is 5.92 Å². The van der Waals surface area contributed by atoms with E-state index in [9.17, 15) is 14.7 Å². The summed E-state index contributed by atoms with van der Waals surface area (Å²) in [6, 6.07) is 6.99. The molecule has 108 valence electrons. The number of aliphatic carboxylic acids is 1. The molecular weight excluding hydrogens is 258 g/mol. The van der Waals surface area contributed by atoms with Crippen LogP contribution in [0.25, 0.3) is 0 Å². The van der Waals surface area contributed by atoms with E-state index >= 15 is 0 Å². The molecule has 2 rings (SSSR count). The van der Waals surface area contributed by atoms with Crippen molar-refractivity contribution in [3.63, 3.8) is 0 Å². The van der Waals surface area contributed by atoms with Crippen molar-refractivity contribution in [3.05, 3.63) is 29.8 Å². The number of carbonyl (C=O) groups is 2. The van der Waals surface area contributed by atoms with Gasteiger partial charge in [0, 0.05) is 19.5 Å². The normalized spacial score (nSPS) is 16.1. The topological polar surface area (TPSA) is 77.8 Å². The highest BCUT2D eigenvalue weighted by Gasteiger charge is 2.26. The van der Waals surface area contributed by atoms with Gasteiger partial charge in [-0.2, -0.15) is 0 Å². The van der Waals surface area contributed by atoms with E-state index in [1.165, 1.54) is 0 Å². The molecular formula is C15H19NO4. The van der Waals surface area contributed by atoms with E-state index in [4.69, 9.17) is 5.11 Å². The Morgan fingerprint density at radius 3 is 2.45 bits per heavy atom. The third-order valence-corrected chi connectivity index (χ3v) is 3.80. The van der Waals surface area contributed by atoms with Crippen LogP contribution in [-0.2, 0) is 16.0 Å². The van der Waals surface area contributed by atoms with Crippen molar-refractivity contribution in [2.24, 2.45) is 5.92 Å². The number of nitrogens with zero attached hydrogens (tertiary/aromatic N) is 1. The molecule has 1 aromatic carbocycles. The zero-order valence-electron chi connectivity index (χ0n) is 11.3. The van der Waals surface area contributed by atoms with Gasteiger partial charge in [-0.15, -0.1) is 0 Å². The number of benzene rings is 1. The standard InChI is InChI=1S/C15H19NO4/c17-13-4-2-1-3-11(13)5-6-14(18)16-9-7-12(8-10-16)15(19)20/h1-4,12,17H,5-10H2,(H,19,20). The summed E-state index contributed by atoms with van der Waals surface area (Å²) >= 11 is 0. The molecule has 0 spiro atoms. The van der Waals surface area contributed by atoms with E-state index in [2.05, 4.69) is 0 Å². The van der Waals surface area contributed by atoms with E-state index in [-0.39, 0.29) is 17.6 Å². The van der Waals surface area contributed by atoms with Gasteiger partial charge >= 0.3 is 5.97 Å². The Labute approximate surface area is 117 Å². The summed E-state index contributed by atoms with van der Waals surface area (Å²) in [5.41, 5.74) is 0.765. The fraction of sp³-hybridized carbons (Fsp3) is 0.467. The molecule has 5 nitrogen and oxygen atoms in total. The van der Waals surface area contributed by atoms with E-state index in [0.717, 1.165) is 5.56 Å². The first-order valence-corrected chi connectivity index (χ1v) is 6.85. The zero-order chi connectivity index (χ0) is 14.5. The molecule has 1 fully saturated rings. The number of carboxylic acid groups (broad SMARTS) is 1. The Morgan fingerprint density at radius 2 is 1.85 bits per heavy atom. The second kappa shape index (κ2) is 6.41. The summed E-state index contributed by atoms with van der Waals surface area (Å²) < 4.78 is 0. The number of hydrogen-bond acceptors (Lipinski definition) is 3. The number of carbonyl (C=O) groups excluding carboxylic acids is 1. The maximum absolute atomic E-state index is 12.1. The second-order valence-electron chi connectivity index (χ2n) is 5.12. The number of likely N-dealkylation sites (tertiary alicyclic amines) is 1. The molecule has 2 N–H and O–H groups in total. The molecule has 0 unspecified atom stereocenters. The average Bonchev–Trinajstić information content (AvgIpc) is 2.46. The Balaban J connectivity index is 1.82. The van der Waals surface area contributed by atoms with Crippen LogP contribution in [0.3, 0.4) is 0 Å². The number of aryl methyl sites for hydroxylation is 1. The van der Waals surface area contributed by atoms with Crippen molar-refractivity contribution in [1.82, 2.24) is 4.90 Å². The molecule has 0 aromatic heterocycles. The first-order chi connectivity index (χ1) is 9.58. The molecule has 1 heterocycles. The Hall–Kier alpha value is -2.04. The minimum Gasteiger partial charge on any atom is -0.508 e. The number of piperidine rings is 1. The number of phenolic OH excluding ortho intramolecular Hbond substituents is 1. The van der Waals surface area contributed by atoms with Gasteiger partial charge in [-0.3, -0.25) is 9.59 Å². The largest absolute Gasteiger partial charge is 0.508 e. The van der Waals surface area contributed by atoms with Crippen LogP contribution in [0.2, 0.25) is 0 Å². The lowest BCUT2D eigenvalue weighted by atomic mass is 9.96. The average molecular weight is 277 g/mol. The summed E-state index contributed by atoms with van der Waals surface area (Å²) in [4.78, 5) is 24.6. The Kier molecular flexibility index (Phi) is 4.61. The van der Waals surface area contributed by atoms with Gasteiger partial charge in [0.1, 0.15) is 5.75 Å². The lowest BCUT2D eigenvalue weighted by Gasteiger charge is -2.30. The van der Waals surface area contributed by atoms with E-state index in [1.807, 2.05) is 6.07 Å². The van der Waals surface area contributed by atoms with E-state index < -0.39 is 5.97 Å². The molecule has 1 saturated heterocycles. The fourth-order valence-corrected chi connectivity index (χ4v) is 2.50.